The van der Waals surface area contributed by atoms with Gasteiger partial charge in [-0.05, 0) is 0 Å². The van der Waals surface area contributed by atoms with Crippen LogP contribution in [0.4, 0.5) is 0 Å². The van der Waals surface area contributed by atoms with Crippen LogP contribution in [0.25, 0.3) is 0 Å². The van der Waals surface area contributed by atoms with Gasteiger partial charge >= 0.3 is 7.60 Å². The minimum Gasteiger partial charge on any atom is -0.388 e. The van der Waals surface area contributed by atoms with Gasteiger partial charge in [-0.3, -0.25) is 4.57 Å². The van der Waals surface area contributed by atoms with Crippen LogP contribution in [-0.2, 0) is 14.0 Å². The number of hydrogen-bond donors (Lipinski definition) is 6. The Morgan fingerprint density at radius 2 is 1.69 bits per heavy atom. The van der Waals surface area contributed by atoms with Gasteiger partial charge in [0.1, 0.15) is 24.4 Å². The SMILES string of the molecule is O=P(O)(CC1OC(O)C(O)C(O)C1O)OO. The van der Waals surface area contributed by atoms with Crippen molar-refractivity contribution in [3.63, 3.8) is 0 Å². The summed E-state index contributed by atoms with van der Waals surface area (Å²) in [7, 11) is -4.39. The lowest BCUT2D eigenvalue weighted by atomic mass is 10.0. The lowest BCUT2D eigenvalue weighted by molar-refractivity contribution is -0.277. The molecule has 16 heavy (non-hydrogen) atoms. The van der Waals surface area contributed by atoms with Crippen molar-refractivity contribution in [2.45, 2.75) is 30.7 Å². The first-order chi connectivity index (χ1) is 7.28. The summed E-state index contributed by atoms with van der Waals surface area (Å²) < 4.78 is 18.8. The molecule has 0 spiro atoms. The highest BCUT2D eigenvalue weighted by Gasteiger charge is 2.45. The van der Waals surface area contributed by atoms with Crippen molar-refractivity contribution in [2.75, 3.05) is 6.16 Å². The Balaban J connectivity index is 2.71. The van der Waals surface area contributed by atoms with Crippen molar-refractivity contribution in [1.82, 2.24) is 0 Å². The molecule has 0 aromatic carbocycles. The standard InChI is InChI=1S/C6H13O9P/c7-3-2(1-16(12,13)15-11)14-6(10)5(9)4(3)8/h2-11H,1H2,(H,12,13). The molecule has 0 aromatic heterocycles. The molecule has 0 radical (unpaired) electrons. The molecular weight excluding hydrogens is 247 g/mol. The summed E-state index contributed by atoms with van der Waals surface area (Å²) in [4.78, 5) is 8.90. The maximum absolute atomic E-state index is 11.0. The van der Waals surface area contributed by atoms with Crippen molar-refractivity contribution in [3.8, 4) is 0 Å². The lowest BCUT2D eigenvalue weighted by Crippen LogP contribution is -2.58. The van der Waals surface area contributed by atoms with Gasteiger partial charge in [0.05, 0.1) is 6.16 Å². The number of aliphatic hydroxyl groups excluding tert-OH is 4. The Morgan fingerprint density at radius 1 is 1.12 bits per heavy atom. The molecular formula is C6H13O9P. The minimum absolute atomic E-state index is 0.842. The van der Waals surface area contributed by atoms with Crippen LogP contribution >= 0.6 is 7.60 Å². The van der Waals surface area contributed by atoms with Crippen molar-refractivity contribution in [3.05, 3.63) is 0 Å². The molecule has 9 nitrogen and oxygen atoms in total. The van der Waals surface area contributed by atoms with E-state index in [1.807, 2.05) is 0 Å². The molecule has 1 aliphatic heterocycles. The molecule has 0 amide bonds. The van der Waals surface area contributed by atoms with E-state index in [9.17, 15) is 14.8 Å². The predicted octanol–water partition coefficient (Wildman–Crippen LogP) is -2.54. The van der Waals surface area contributed by atoms with E-state index in [2.05, 4.69) is 9.41 Å². The third-order valence-electron chi connectivity index (χ3n) is 2.23. The summed E-state index contributed by atoms with van der Waals surface area (Å²) in [5.41, 5.74) is 0. The van der Waals surface area contributed by atoms with E-state index >= 15 is 0 Å². The molecule has 96 valence electrons. The van der Waals surface area contributed by atoms with Gasteiger partial charge in [-0.2, -0.15) is 4.67 Å². The molecule has 6 N–H and O–H groups in total. The Bertz CT molecular complexity index is 283. The van der Waals surface area contributed by atoms with E-state index in [-0.39, 0.29) is 0 Å². The van der Waals surface area contributed by atoms with Crippen LogP contribution in [0.3, 0.4) is 0 Å². The molecule has 10 heteroatoms. The van der Waals surface area contributed by atoms with Gasteiger partial charge < -0.3 is 30.1 Å². The van der Waals surface area contributed by atoms with Gasteiger partial charge in [0.2, 0.25) is 0 Å². The second-order valence-corrected chi connectivity index (χ2v) is 5.24. The molecule has 1 heterocycles. The predicted molar refractivity (Wildman–Crippen MR) is 47.3 cm³/mol. The second-order valence-electron chi connectivity index (χ2n) is 3.44. The Hall–Kier alpha value is -0.0900. The highest BCUT2D eigenvalue weighted by atomic mass is 31.2. The highest BCUT2D eigenvalue weighted by Crippen LogP contribution is 2.43. The van der Waals surface area contributed by atoms with Gasteiger partial charge in [-0.15, -0.1) is 0 Å². The van der Waals surface area contributed by atoms with Gasteiger partial charge in [0.15, 0.2) is 6.29 Å². The average Bonchev–Trinajstić information content (AvgIpc) is 2.22. The average molecular weight is 260 g/mol. The number of aliphatic hydroxyl groups is 4. The largest absolute Gasteiger partial charge is 0.388 e. The first-order valence-electron chi connectivity index (χ1n) is 4.31. The van der Waals surface area contributed by atoms with Gasteiger partial charge in [-0.1, -0.05) is 0 Å². The summed E-state index contributed by atoms with van der Waals surface area (Å²) in [6, 6.07) is 0. The van der Waals surface area contributed by atoms with Gasteiger partial charge in [0.25, 0.3) is 0 Å². The second kappa shape index (κ2) is 5.05. The molecule has 0 aromatic rings. The molecule has 1 fully saturated rings. The van der Waals surface area contributed by atoms with Crippen LogP contribution < -0.4 is 0 Å². The topological polar surface area (TPSA) is 157 Å². The number of hydrogen-bond acceptors (Lipinski definition) is 8. The third-order valence-corrected chi connectivity index (χ3v) is 3.30. The highest BCUT2D eigenvalue weighted by molar-refractivity contribution is 7.52. The minimum atomic E-state index is -4.39. The monoisotopic (exact) mass is 260 g/mol. The molecule has 6 atom stereocenters. The summed E-state index contributed by atoms with van der Waals surface area (Å²) in [5.74, 6) is 0. The quantitative estimate of drug-likeness (QED) is 0.183. The maximum Gasteiger partial charge on any atom is 0.357 e. The van der Waals surface area contributed by atoms with Crippen LogP contribution in [0.15, 0.2) is 0 Å². The Kier molecular flexibility index (Phi) is 4.41. The fourth-order valence-electron chi connectivity index (χ4n) is 1.34. The maximum atomic E-state index is 11.0. The van der Waals surface area contributed by atoms with E-state index < -0.39 is 44.5 Å². The zero-order valence-electron chi connectivity index (χ0n) is 7.95. The molecule has 6 unspecified atom stereocenters. The van der Waals surface area contributed by atoms with E-state index in [0.29, 0.717) is 0 Å². The molecule has 1 saturated heterocycles. The Morgan fingerprint density at radius 3 is 2.19 bits per heavy atom. The number of rotatable bonds is 3. The Labute approximate surface area is 89.9 Å². The van der Waals surface area contributed by atoms with Crippen LogP contribution in [-0.4, -0.2) is 67.4 Å². The van der Waals surface area contributed by atoms with E-state index in [1.165, 1.54) is 0 Å². The van der Waals surface area contributed by atoms with E-state index in [4.69, 9.17) is 20.4 Å². The van der Waals surface area contributed by atoms with Crippen molar-refractivity contribution >= 4 is 7.60 Å². The molecule has 1 rings (SSSR count). The summed E-state index contributed by atoms with van der Waals surface area (Å²) in [6.45, 7) is 0. The normalized spacial score (nSPS) is 44.0. The fourth-order valence-corrected chi connectivity index (χ4v) is 2.17. The van der Waals surface area contributed by atoms with E-state index in [0.717, 1.165) is 0 Å². The van der Waals surface area contributed by atoms with Crippen molar-refractivity contribution in [2.24, 2.45) is 0 Å². The lowest BCUT2D eigenvalue weighted by Gasteiger charge is -2.38. The van der Waals surface area contributed by atoms with Crippen LogP contribution in [0.1, 0.15) is 0 Å². The fraction of sp³-hybridized carbons (Fsp3) is 1.00. The van der Waals surface area contributed by atoms with Crippen LogP contribution in [0.5, 0.6) is 0 Å². The third kappa shape index (κ3) is 2.98. The van der Waals surface area contributed by atoms with E-state index in [1.54, 1.807) is 0 Å². The smallest absolute Gasteiger partial charge is 0.357 e. The molecule has 1 aliphatic rings. The van der Waals surface area contributed by atoms with Gasteiger partial charge in [-0.25, -0.2) is 5.26 Å². The molecule has 0 saturated carbocycles. The first kappa shape index (κ1) is 14.0. The van der Waals surface area contributed by atoms with Crippen molar-refractivity contribution in [1.29, 1.82) is 0 Å². The number of ether oxygens (including phenoxy) is 1. The zero-order valence-corrected chi connectivity index (χ0v) is 8.84. The summed E-state index contributed by atoms with van der Waals surface area (Å²) >= 11 is 0. The van der Waals surface area contributed by atoms with Crippen molar-refractivity contribution < 1.29 is 44.6 Å². The molecule has 0 bridgehead atoms. The molecule has 0 aliphatic carbocycles. The zero-order chi connectivity index (χ0) is 12.5. The van der Waals surface area contributed by atoms with Gasteiger partial charge in [0, 0.05) is 0 Å². The van der Waals surface area contributed by atoms with Crippen LogP contribution in [0, 0.1) is 0 Å². The van der Waals surface area contributed by atoms with Crippen LogP contribution in [0.2, 0.25) is 0 Å². The summed E-state index contributed by atoms with van der Waals surface area (Å²) in [5, 5.41) is 44.9. The first-order valence-corrected chi connectivity index (χ1v) is 6.07. The summed E-state index contributed by atoms with van der Waals surface area (Å²) in [6.07, 6.45) is -9.23.